The van der Waals surface area contributed by atoms with Gasteiger partial charge in [0.25, 0.3) is 0 Å². The maximum Gasteiger partial charge on any atom is 0.341 e. The number of benzene rings is 3. The summed E-state index contributed by atoms with van der Waals surface area (Å²) >= 11 is 0. The molecule has 4 nitrogen and oxygen atoms in total. The van der Waals surface area contributed by atoms with Crippen LogP contribution in [0, 0.1) is 0 Å². The third-order valence-corrected chi connectivity index (χ3v) is 3.91. The lowest BCUT2D eigenvalue weighted by molar-refractivity contribution is 0.0356. The van der Waals surface area contributed by atoms with Gasteiger partial charge in [-0.2, -0.15) is 5.11 Å². The number of rotatable bonds is 5. The van der Waals surface area contributed by atoms with Gasteiger partial charge in [-0.25, -0.2) is 4.79 Å². The fraction of sp³-hybridized carbons (Fsp3) is 0.0952. The second-order valence-corrected chi connectivity index (χ2v) is 5.35. The molecule has 0 aromatic heterocycles. The summed E-state index contributed by atoms with van der Waals surface area (Å²) in [6.45, 7) is -0.790. The lowest BCUT2D eigenvalue weighted by Gasteiger charge is -2.18. The van der Waals surface area contributed by atoms with E-state index in [2.05, 4.69) is 0 Å². The average molecular weight is 333 g/mol. The number of hydrogen-bond donors (Lipinski definition) is 0. The molecule has 0 saturated carbocycles. The van der Waals surface area contributed by atoms with Gasteiger partial charge in [-0.3, -0.25) is 0 Å². The first-order valence-corrected chi connectivity index (χ1v) is 7.83. The third kappa shape index (κ3) is 3.39. The van der Waals surface area contributed by atoms with E-state index in [0.717, 1.165) is 16.7 Å². The highest BCUT2D eigenvalue weighted by Crippen LogP contribution is 2.41. The molecule has 0 atom stereocenters. The Morgan fingerprint density at radius 3 is 2.00 bits per heavy atom. The normalized spacial score (nSPS) is 10.3. The van der Waals surface area contributed by atoms with Crippen molar-refractivity contribution in [2.45, 2.75) is 0 Å². The number of carbonyl (C=O) groups excluding carboxylic acids is 1. The van der Waals surface area contributed by atoms with E-state index >= 15 is 0 Å². The van der Waals surface area contributed by atoms with Crippen molar-refractivity contribution >= 4 is 5.97 Å². The molecular weight excluding hydrogens is 316 g/mol. The number of carbonyl (C=O) groups is 1. The van der Waals surface area contributed by atoms with Gasteiger partial charge in [0.2, 0.25) is 6.79 Å². The SMILES string of the molecule is COC(=O)c1ccc(-c2ccccc2)c(-c2ccccc2)c1OC[O]. The molecule has 0 aliphatic carbocycles. The number of hydrogen-bond acceptors (Lipinski definition) is 3. The smallest absolute Gasteiger partial charge is 0.341 e. The summed E-state index contributed by atoms with van der Waals surface area (Å²) in [7, 11) is 1.30. The Morgan fingerprint density at radius 1 is 0.840 bits per heavy atom. The van der Waals surface area contributed by atoms with Crippen molar-refractivity contribution in [3.05, 3.63) is 78.4 Å². The molecular formula is C21H17O4. The molecule has 3 rings (SSSR count). The third-order valence-electron chi connectivity index (χ3n) is 3.91. The van der Waals surface area contributed by atoms with E-state index in [4.69, 9.17) is 9.47 Å². The van der Waals surface area contributed by atoms with Crippen LogP contribution in [0.5, 0.6) is 5.75 Å². The molecule has 0 aliphatic rings. The van der Waals surface area contributed by atoms with E-state index in [0.29, 0.717) is 5.56 Å². The number of methoxy groups -OCH3 is 1. The fourth-order valence-electron chi connectivity index (χ4n) is 2.81. The van der Waals surface area contributed by atoms with E-state index in [9.17, 15) is 9.90 Å². The summed E-state index contributed by atoms with van der Waals surface area (Å²) in [4.78, 5) is 12.1. The lowest BCUT2D eigenvalue weighted by atomic mass is 9.91. The maximum absolute atomic E-state index is 12.1. The maximum atomic E-state index is 12.1. The molecule has 3 aromatic rings. The molecule has 3 aromatic carbocycles. The standard InChI is InChI=1S/C21H17O4/c1-24-21(23)18-13-12-17(15-8-4-2-5-9-15)19(20(18)25-14-22)16-10-6-3-7-11-16/h2-13H,14H2,1H3. The van der Waals surface area contributed by atoms with Gasteiger partial charge in [0, 0.05) is 5.56 Å². The van der Waals surface area contributed by atoms with Crippen molar-refractivity contribution in [1.82, 2.24) is 0 Å². The van der Waals surface area contributed by atoms with Crippen LogP contribution in [0.25, 0.3) is 22.3 Å². The zero-order valence-electron chi connectivity index (χ0n) is 13.8. The molecule has 0 aliphatic heterocycles. The largest absolute Gasteiger partial charge is 0.465 e. The zero-order valence-corrected chi connectivity index (χ0v) is 13.8. The predicted octanol–water partition coefficient (Wildman–Crippen LogP) is 4.57. The Kier molecular flexibility index (Phi) is 5.11. The van der Waals surface area contributed by atoms with Crippen LogP contribution in [0.15, 0.2) is 72.8 Å². The van der Waals surface area contributed by atoms with Gasteiger partial charge in [-0.1, -0.05) is 66.7 Å². The quantitative estimate of drug-likeness (QED) is 0.507. The zero-order chi connectivity index (χ0) is 17.6. The van der Waals surface area contributed by atoms with Crippen LogP contribution >= 0.6 is 0 Å². The Bertz CT molecular complexity index is 858. The van der Waals surface area contributed by atoms with Gasteiger partial charge in [0.05, 0.1) is 7.11 Å². The summed E-state index contributed by atoms with van der Waals surface area (Å²) in [5.74, 6) is -0.297. The summed E-state index contributed by atoms with van der Waals surface area (Å²) < 4.78 is 10.2. The molecule has 0 unspecified atom stereocenters. The topological polar surface area (TPSA) is 55.4 Å². The van der Waals surface area contributed by atoms with E-state index in [-0.39, 0.29) is 11.3 Å². The first kappa shape index (κ1) is 16.7. The molecule has 0 spiro atoms. The van der Waals surface area contributed by atoms with Crippen molar-refractivity contribution in [2.24, 2.45) is 0 Å². The second-order valence-electron chi connectivity index (χ2n) is 5.35. The van der Waals surface area contributed by atoms with Gasteiger partial charge < -0.3 is 9.47 Å². The molecule has 25 heavy (non-hydrogen) atoms. The van der Waals surface area contributed by atoms with E-state index in [1.807, 2.05) is 66.7 Å². The first-order chi connectivity index (χ1) is 12.3. The summed E-state index contributed by atoms with van der Waals surface area (Å²) in [5.41, 5.74) is 3.63. The number of ether oxygens (including phenoxy) is 2. The molecule has 125 valence electrons. The predicted molar refractivity (Wildman–Crippen MR) is 94.8 cm³/mol. The van der Waals surface area contributed by atoms with Crippen LogP contribution < -0.4 is 4.74 Å². The van der Waals surface area contributed by atoms with Crippen LogP contribution in [0.2, 0.25) is 0 Å². The molecule has 0 N–H and O–H groups in total. The minimum atomic E-state index is -0.790. The van der Waals surface area contributed by atoms with Crippen molar-refractivity contribution in [2.75, 3.05) is 13.9 Å². The van der Waals surface area contributed by atoms with Crippen LogP contribution in [0.1, 0.15) is 10.4 Å². The molecule has 0 bridgehead atoms. The van der Waals surface area contributed by atoms with Crippen molar-refractivity contribution in [3.63, 3.8) is 0 Å². The average Bonchev–Trinajstić information content (AvgIpc) is 2.68. The lowest BCUT2D eigenvalue weighted by Crippen LogP contribution is -2.08. The Labute approximate surface area is 146 Å². The molecule has 0 heterocycles. The minimum Gasteiger partial charge on any atom is -0.465 e. The molecule has 0 saturated heterocycles. The highest BCUT2D eigenvalue weighted by atomic mass is 16.6. The minimum absolute atomic E-state index is 0.233. The monoisotopic (exact) mass is 333 g/mol. The summed E-state index contributed by atoms with van der Waals surface area (Å²) in [5, 5.41) is 11.2. The highest BCUT2D eigenvalue weighted by Gasteiger charge is 2.22. The Morgan fingerprint density at radius 2 is 1.44 bits per heavy atom. The van der Waals surface area contributed by atoms with Gasteiger partial charge in [0.1, 0.15) is 11.3 Å². The Balaban J connectivity index is 2.33. The van der Waals surface area contributed by atoms with Crippen LogP contribution in [0.3, 0.4) is 0 Å². The van der Waals surface area contributed by atoms with Crippen molar-refractivity contribution in [3.8, 4) is 28.0 Å². The second kappa shape index (κ2) is 7.64. The summed E-state index contributed by atoms with van der Waals surface area (Å²) in [6, 6.07) is 22.8. The van der Waals surface area contributed by atoms with E-state index in [1.165, 1.54) is 7.11 Å². The molecule has 0 fully saturated rings. The van der Waals surface area contributed by atoms with Gasteiger partial charge in [0.15, 0.2) is 0 Å². The Hall–Kier alpha value is -3.11. The molecule has 1 radical (unpaired) electrons. The fourth-order valence-corrected chi connectivity index (χ4v) is 2.81. The molecule has 4 heteroatoms. The van der Waals surface area contributed by atoms with Crippen molar-refractivity contribution in [1.29, 1.82) is 0 Å². The number of esters is 1. The van der Waals surface area contributed by atoms with Crippen LogP contribution in [0.4, 0.5) is 0 Å². The molecule has 0 amide bonds. The summed E-state index contributed by atoms with van der Waals surface area (Å²) in [6.07, 6.45) is 0. The van der Waals surface area contributed by atoms with Crippen LogP contribution in [-0.4, -0.2) is 19.9 Å². The van der Waals surface area contributed by atoms with Crippen LogP contribution in [-0.2, 0) is 9.84 Å². The highest BCUT2D eigenvalue weighted by molar-refractivity contribution is 5.99. The van der Waals surface area contributed by atoms with Gasteiger partial charge >= 0.3 is 5.97 Å². The van der Waals surface area contributed by atoms with Gasteiger partial charge in [-0.05, 0) is 22.8 Å². The van der Waals surface area contributed by atoms with E-state index < -0.39 is 12.8 Å². The van der Waals surface area contributed by atoms with E-state index in [1.54, 1.807) is 6.07 Å². The van der Waals surface area contributed by atoms with Gasteiger partial charge in [-0.15, -0.1) is 0 Å². The van der Waals surface area contributed by atoms with Crippen molar-refractivity contribution < 1.29 is 19.4 Å². The first-order valence-electron chi connectivity index (χ1n) is 7.83.